The van der Waals surface area contributed by atoms with E-state index in [4.69, 9.17) is 4.74 Å². The Bertz CT molecular complexity index is 1140. The summed E-state index contributed by atoms with van der Waals surface area (Å²) >= 11 is 0. The Morgan fingerprint density at radius 3 is 2.29 bits per heavy atom. The Morgan fingerprint density at radius 1 is 0.941 bits per heavy atom. The van der Waals surface area contributed by atoms with Gasteiger partial charge < -0.3 is 25.8 Å². The van der Waals surface area contributed by atoms with Crippen molar-refractivity contribution in [3.8, 4) is 5.75 Å². The second-order valence-corrected chi connectivity index (χ2v) is 7.98. The molecule has 1 aliphatic heterocycles. The maximum Gasteiger partial charge on any atom is 0.307 e. The first-order valence-corrected chi connectivity index (χ1v) is 11.2. The van der Waals surface area contributed by atoms with E-state index >= 15 is 0 Å². The van der Waals surface area contributed by atoms with Gasteiger partial charge in [0.05, 0.1) is 12.2 Å². The number of carbonyl (C=O) groups is 2. The number of aliphatic carboxylic acids is 1. The quantitative estimate of drug-likeness (QED) is 0.354. The van der Waals surface area contributed by atoms with Gasteiger partial charge in [0.15, 0.2) is 0 Å². The molecule has 0 saturated carbocycles. The van der Waals surface area contributed by atoms with Crippen LogP contribution in [0.1, 0.15) is 41.3 Å². The maximum absolute atomic E-state index is 12.6. The van der Waals surface area contributed by atoms with E-state index in [9.17, 15) is 14.7 Å². The van der Waals surface area contributed by atoms with Crippen LogP contribution in [0.25, 0.3) is 0 Å². The Balaban J connectivity index is 1.35. The van der Waals surface area contributed by atoms with Crippen LogP contribution in [0.4, 0.5) is 11.4 Å². The highest BCUT2D eigenvalue weighted by Gasteiger charge is 2.17. The lowest BCUT2D eigenvalue weighted by molar-refractivity contribution is -0.138. The van der Waals surface area contributed by atoms with E-state index in [1.165, 1.54) is 0 Å². The van der Waals surface area contributed by atoms with Gasteiger partial charge in [-0.15, -0.1) is 0 Å². The highest BCUT2D eigenvalue weighted by Crippen LogP contribution is 2.26. The van der Waals surface area contributed by atoms with Crippen LogP contribution in [0.5, 0.6) is 5.75 Å². The molecule has 1 unspecified atom stereocenters. The highest BCUT2D eigenvalue weighted by molar-refractivity contribution is 6.04. The molecule has 4 N–H and O–H groups in total. The second-order valence-electron chi connectivity index (χ2n) is 7.98. The van der Waals surface area contributed by atoms with Crippen LogP contribution in [-0.2, 0) is 4.79 Å². The normalized spacial score (nSPS) is 13.7. The van der Waals surface area contributed by atoms with E-state index in [0.717, 1.165) is 36.5 Å². The molecule has 1 amide bonds. The van der Waals surface area contributed by atoms with Crippen LogP contribution in [0.15, 0.2) is 90.8 Å². The number of anilines is 2. The lowest BCUT2D eigenvalue weighted by Crippen LogP contribution is -2.23. The third-order valence-electron chi connectivity index (χ3n) is 5.39. The second kappa shape index (κ2) is 11.0. The standard InChI is InChI=1S/C27H27N3O4/c31-26(32)18-24(19-6-2-1-3-7-19)34-23-15-13-22(14-16-23)30-27(33)20-9-11-21(12-10-20)29-25-8-4-5-17-28-25/h1-3,6-16,24,28-29H,4-5,17-18H2,(H,30,33)(H,31,32). The SMILES string of the molecule is O=C(O)CC(Oc1ccc(NC(=O)c2ccc(NC3=CCCCN3)cc2)cc1)c1ccccc1. The number of carbonyl (C=O) groups excluding carboxylic acids is 1. The molecule has 1 aliphatic rings. The lowest BCUT2D eigenvalue weighted by Gasteiger charge is -2.18. The van der Waals surface area contributed by atoms with Gasteiger partial charge in [0.1, 0.15) is 11.9 Å². The van der Waals surface area contributed by atoms with E-state index in [0.29, 0.717) is 17.0 Å². The summed E-state index contributed by atoms with van der Waals surface area (Å²) in [6.07, 6.45) is 3.55. The van der Waals surface area contributed by atoms with Gasteiger partial charge in [-0.1, -0.05) is 30.3 Å². The highest BCUT2D eigenvalue weighted by atomic mass is 16.5. The van der Waals surface area contributed by atoms with Crippen molar-refractivity contribution >= 4 is 23.3 Å². The Hall–Kier alpha value is -4.26. The summed E-state index contributed by atoms with van der Waals surface area (Å²) in [6, 6.07) is 23.4. The van der Waals surface area contributed by atoms with Crippen molar-refractivity contribution in [3.05, 3.63) is 102 Å². The zero-order valence-electron chi connectivity index (χ0n) is 18.7. The summed E-state index contributed by atoms with van der Waals surface area (Å²) < 4.78 is 5.92. The van der Waals surface area contributed by atoms with Crippen LogP contribution in [0, 0.1) is 0 Å². The minimum Gasteiger partial charge on any atom is -0.485 e. The lowest BCUT2D eigenvalue weighted by atomic mass is 10.1. The molecule has 3 aromatic carbocycles. The van der Waals surface area contributed by atoms with Crippen LogP contribution >= 0.6 is 0 Å². The van der Waals surface area contributed by atoms with Crippen molar-refractivity contribution in [2.75, 3.05) is 17.2 Å². The average Bonchev–Trinajstić information content (AvgIpc) is 2.86. The van der Waals surface area contributed by atoms with Crippen molar-refractivity contribution in [1.82, 2.24) is 5.32 Å². The number of carboxylic acid groups (broad SMARTS) is 1. The maximum atomic E-state index is 12.6. The molecule has 0 bridgehead atoms. The minimum absolute atomic E-state index is 0.152. The molecule has 1 heterocycles. The first-order chi connectivity index (χ1) is 16.6. The number of allylic oxidation sites excluding steroid dienone is 1. The minimum atomic E-state index is -0.939. The zero-order chi connectivity index (χ0) is 23.8. The summed E-state index contributed by atoms with van der Waals surface area (Å²) in [5, 5.41) is 18.7. The molecule has 3 aromatic rings. The molecule has 174 valence electrons. The fourth-order valence-electron chi connectivity index (χ4n) is 3.64. The molecular weight excluding hydrogens is 430 g/mol. The molecule has 7 nitrogen and oxygen atoms in total. The number of amides is 1. The zero-order valence-corrected chi connectivity index (χ0v) is 18.7. The van der Waals surface area contributed by atoms with Gasteiger partial charge in [0.25, 0.3) is 5.91 Å². The van der Waals surface area contributed by atoms with E-state index in [1.54, 1.807) is 36.4 Å². The molecule has 34 heavy (non-hydrogen) atoms. The number of ether oxygens (including phenoxy) is 1. The molecule has 0 radical (unpaired) electrons. The predicted molar refractivity (Wildman–Crippen MR) is 132 cm³/mol. The molecule has 0 aliphatic carbocycles. The third-order valence-corrected chi connectivity index (χ3v) is 5.39. The Morgan fingerprint density at radius 2 is 1.65 bits per heavy atom. The third kappa shape index (κ3) is 6.38. The van der Waals surface area contributed by atoms with E-state index < -0.39 is 12.1 Å². The largest absolute Gasteiger partial charge is 0.485 e. The molecule has 0 aromatic heterocycles. The number of rotatable bonds is 9. The van der Waals surface area contributed by atoms with Crippen molar-refractivity contribution in [3.63, 3.8) is 0 Å². The number of carboxylic acids is 1. The smallest absolute Gasteiger partial charge is 0.307 e. The van der Waals surface area contributed by atoms with Gasteiger partial charge >= 0.3 is 5.97 Å². The van der Waals surface area contributed by atoms with Crippen LogP contribution in [0.2, 0.25) is 0 Å². The first-order valence-electron chi connectivity index (χ1n) is 11.2. The molecular formula is C27H27N3O4. The van der Waals surface area contributed by atoms with Gasteiger partial charge in [-0.05, 0) is 73.0 Å². The summed E-state index contributed by atoms with van der Waals surface area (Å²) in [7, 11) is 0. The number of hydrogen-bond donors (Lipinski definition) is 4. The molecule has 0 fully saturated rings. The van der Waals surface area contributed by atoms with Gasteiger partial charge in [0, 0.05) is 23.5 Å². The number of nitrogens with one attached hydrogen (secondary N) is 3. The summed E-state index contributed by atoms with van der Waals surface area (Å²) in [4.78, 5) is 23.9. The average molecular weight is 458 g/mol. The summed E-state index contributed by atoms with van der Waals surface area (Å²) in [6.45, 7) is 0.954. The molecule has 7 heteroatoms. The van der Waals surface area contributed by atoms with Gasteiger partial charge in [0.2, 0.25) is 0 Å². The fourth-order valence-corrected chi connectivity index (χ4v) is 3.64. The Labute approximate surface area is 198 Å². The van der Waals surface area contributed by atoms with Crippen molar-refractivity contribution in [1.29, 1.82) is 0 Å². The molecule has 0 spiro atoms. The van der Waals surface area contributed by atoms with E-state index in [2.05, 4.69) is 22.0 Å². The topological polar surface area (TPSA) is 99.7 Å². The van der Waals surface area contributed by atoms with Crippen molar-refractivity contribution in [2.24, 2.45) is 0 Å². The number of hydrogen-bond acceptors (Lipinski definition) is 5. The molecule has 0 saturated heterocycles. The monoisotopic (exact) mass is 457 g/mol. The molecule has 1 atom stereocenters. The van der Waals surface area contributed by atoms with Gasteiger partial charge in [-0.2, -0.15) is 0 Å². The van der Waals surface area contributed by atoms with Crippen molar-refractivity contribution < 1.29 is 19.4 Å². The van der Waals surface area contributed by atoms with Gasteiger partial charge in [-0.3, -0.25) is 9.59 Å². The van der Waals surface area contributed by atoms with E-state index in [1.807, 2.05) is 42.5 Å². The number of benzene rings is 3. The van der Waals surface area contributed by atoms with Crippen LogP contribution in [0.3, 0.4) is 0 Å². The van der Waals surface area contributed by atoms with Crippen LogP contribution in [-0.4, -0.2) is 23.5 Å². The summed E-state index contributed by atoms with van der Waals surface area (Å²) in [5.74, 6) is 0.353. The predicted octanol–water partition coefficient (Wildman–Crippen LogP) is 5.17. The first kappa shape index (κ1) is 22.9. The fraction of sp³-hybridized carbons (Fsp3) is 0.185. The van der Waals surface area contributed by atoms with E-state index in [-0.39, 0.29) is 12.3 Å². The van der Waals surface area contributed by atoms with Crippen LogP contribution < -0.4 is 20.7 Å². The van der Waals surface area contributed by atoms with Gasteiger partial charge in [-0.25, -0.2) is 0 Å². The van der Waals surface area contributed by atoms with Crippen molar-refractivity contribution in [2.45, 2.75) is 25.4 Å². The summed E-state index contributed by atoms with van der Waals surface area (Å²) in [5.41, 5.74) is 2.86. The Kier molecular flexibility index (Phi) is 7.45. The molecule has 4 rings (SSSR count).